The van der Waals surface area contributed by atoms with Crippen molar-refractivity contribution in [2.45, 2.75) is 55.7 Å². The molecule has 0 heterocycles. The SMILES string of the molecule is CCC(O)(Cc1c(F)cccc1F)[C@@H](O)[C@@](O)(Cc1c(F)cccc1F)[C@H](O)[C@@H](O)CO. The van der Waals surface area contributed by atoms with E-state index in [0.717, 1.165) is 36.4 Å². The summed E-state index contributed by atoms with van der Waals surface area (Å²) in [5, 5.41) is 62.7. The van der Waals surface area contributed by atoms with Crippen LogP contribution in [-0.4, -0.2) is 66.8 Å². The molecule has 5 atom stereocenters. The van der Waals surface area contributed by atoms with Gasteiger partial charge in [-0.2, -0.15) is 0 Å². The Hall–Kier alpha value is -2.08. The summed E-state index contributed by atoms with van der Waals surface area (Å²) in [7, 11) is 0. The molecule has 0 aliphatic rings. The van der Waals surface area contributed by atoms with Crippen LogP contribution in [-0.2, 0) is 12.8 Å². The first-order valence-electron chi connectivity index (χ1n) is 9.86. The van der Waals surface area contributed by atoms with Gasteiger partial charge in [0.05, 0.1) is 12.2 Å². The number of halogens is 4. The summed E-state index contributed by atoms with van der Waals surface area (Å²) in [6.07, 6.45) is -9.43. The van der Waals surface area contributed by atoms with Gasteiger partial charge in [-0.3, -0.25) is 0 Å². The Labute approximate surface area is 182 Å². The zero-order valence-corrected chi connectivity index (χ0v) is 17.2. The van der Waals surface area contributed by atoms with E-state index in [2.05, 4.69) is 0 Å². The minimum absolute atomic E-state index is 0.425. The van der Waals surface area contributed by atoms with E-state index < -0.39 is 89.8 Å². The molecule has 0 amide bonds. The Morgan fingerprint density at radius 3 is 1.56 bits per heavy atom. The van der Waals surface area contributed by atoms with Gasteiger partial charge in [0.25, 0.3) is 0 Å². The lowest BCUT2D eigenvalue weighted by Gasteiger charge is -2.45. The van der Waals surface area contributed by atoms with Crippen LogP contribution < -0.4 is 0 Å². The summed E-state index contributed by atoms with van der Waals surface area (Å²) in [6, 6.07) is 5.63. The lowest BCUT2D eigenvalue weighted by Crippen LogP contribution is -2.66. The van der Waals surface area contributed by atoms with Crippen molar-refractivity contribution in [3.05, 3.63) is 70.8 Å². The van der Waals surface area contributed by atoms with Crippen molar-refractivity contribution in [3.63, 3.8) is 0 Å². The summed E-state index contributed by atoms with van der Waals surface area (Å²) in [5.41, 5.74) is -6.98. The molecule has 0 fully saturated rings. The van der Waals surface area contributed by atoms with Gasteiger partial charge in [0.15, 0.2) is 0 Å². The van der Waals surface area contributed by atoms with Gasteiger partial charge in [0.2, 0.25) is 0 Å². The van der Waals surface area contributed by atoms with Crippen molar-refractivity contribution >= 4 is 0 Å². The number of hydrogen-bond donors (Lipinski definition) is 6. The highest BCUT2D eigenvalue weighted by Crippen LogP contribution is 2.36. The van der Waals surface area contributed by atoms with E-state index in [9.17, 15) is 48.2 Å². The molecule has 6 N–H and O–H groups in total. The number of rotatable bonds is 10. The van der Waals surface area contributed by atoms with Crippen molar-refractivity contribution in [1.82, 2.24) is 0 Å². The Bertz CT molecular complexity index is 889. The normalized spacial score (nSPS) is 18.5. The molecule has 1 unspecified atom stereocenters. The largest absolute Gasteiger partial charge is 0.394 e. The molecular formula is C22H26F4O6. The zero-order chi connectivity index (χ0) is 24.3. The van der Waals surface area contributed by atoms with E-state index in [1.165, 1.54) is 6.92 Å². The molecule has 0 aromatic heterocycles. The van der Waals surface area contributed by atoms with Gasteiger partial charge in [0, 0.05) is 24.0 Å². The molecule has 6 nitrogen and oxygen atoms in total. The van der Waals surface area contributed by atoms with Crippen molar-refractivity contribution in [2.75, 3.05) is 6.61 Å². The molecule has 0 aliphatic heterocycles. The third-order valence-electron chi connectivity index (χ3n) is 5.72. The van der Waals surface area contributed by atoms with Crippen molar-refractivity contribution in [2.24, 2.45) is 0 Å². The van der Waals surface area contributed by atoms with Crippen LogP contribution in [0.5, 0.6) is 0 Å². The summed E-state index contributed by atoms with van der Waals surface area (Å²) in [4.78, 5) is 0. The van der Waals surface area contributed by atoms with E-state index in [1.54, 1.807) is 0 Å². The average molecular weight is 462 g/mol. The van der Waals surface area contributed by atoms with Gasteiger partial charge in [-0.1, -0.05) is 19.1 Å². The fourth-order valence-corrected chi connectivity index (χ4v) is 3.67. The van der Waals surface area contributed by atoms with Crippen molar-refractivity contribution < 1.29 is 48.2 Å². The Kier molecular flexibility index (Phi) is 8.38. The molecule has 10 heteroatoms. The summed E-state index contributed by atoms with van der Waals surface area (Å²) >= 11 is 0. The summed E-state index contributed by atoms with van der Waals surface area (Å²) < 4.78 is 56.8. The summed E-state index contributed by atoms with van der Waals surface area (Å²) in [5.74, 6) is -4.41. The number of aliphatic hydroxyl groups excluding tert-OH is 4. The lowest BCUT2D eigenvalue weighted by atomic mass is 9.72. The van der Waals surface area contributed by atoms with E-state index in [4.69, 9.17) is 0 Å². The van der Waals surface area contributed by atoms with E-state index in [1.807, 2.05) is 0 Å². The number of aliphatic hydroxyl groups is 6. The van der Waals surface area contributed by atoms with Gasteiger partial charge in [-0.25, -0.2) is 17.6 Å². The Balaban J connectivity index is 2.57. The van der Waals surface area contributed by atoms with Crippen molar-refractivity contribution in [3.8, 4) is 0 Å². The van der Waals surface area contributed by atoms with Gasteiger partial charge in [-0.05, 0) is 30.7 Å². The van der Waals surface area contributed by atoms with E-state index in [-0.39, 0.29) is 0 Å². The second kappa shape index (κ2) is 10.2. The van der Waals surface area contributed by atoms with Crippen LogP contribution in [0.25, 0.3) is 0 Å². The monoisotopic (exact) mass is 462 g/mol. The molecule has 0 spiro atoms. The third-order valence-corrected chi connectivity index (χ3v) is 5.72. The van der Waals surface area contributed by atoms with Crippen LogP contribution in [0.1, 0.15) is 24.5 Å². The molecule has 0 radical (unpaired) electrons. The second-order valence-corrected chi connectivity index (χ2v) is 7.80. The first-order chi connectivity index (χ1) is 14.9. The maximum absolute atomic E-state index is 14.2. The predicted octanol–water partition coefficient (Wildman–Crippen LogP) is 0.975. The van der Waals surface area contributed by atoms with Crippen LogP contribution >= 0.6 is 0 Å². The van der Waals surface area contributed by atoms with Gasteiger partial charge in [0.1, 0.15) is 47.2 Å². The molecule has 32 heavy (non-hydrogen) atoms. The highest BCUT2D eigenvalue weighted by atomic mass is 19.1. The van der Waals surface area contributed by atoms with E-state index >= 15 is 0 Å². The first-order valence-corrected chi connectivity index (χ1v) is 9.86. The molecular weight excluding hydrogens is 436 g/mol. The molecule has 2 rings (SSSR count). The molecule has 2 aromatic carbocycles. The maximum Gasteiger partial charge on any atom is 0.129 e. The van der Waals surface area contributed by atoms with Gasteiger partial charge < -0.3 is 30.6 Å². The number of benzene rings is 2. The van der Waals surface area contributed by atoms with Crippen LogP contribution in [0.3, 0.4) is 0 Å². The highest BCUT2D eigenvalue weighted by molar-refractivity contribution is 5.26. The van der Waals surface area contributed by atoms with Crippen LogP contribution in [0, 0.1) is 23.3 Å². The molecule has 2 aromatic rings. The maximum atomic E-state index is 14.2. The van der Waals surface area contributed by atoms with Crippen molar-refractivity contribution in [1.29, 1.82) is 0 Å². The molecule has 0 saturated carbocycles. The minimum atomic E-state index is -3.04. The average Bonchev–Trinajstić information content (AvgIpc) is 2.77. The quantitative estimate of drug-likeness (QED) is 0.293. The standard InChI is InChI=1S/C22H26F4O6/c1-2-21(31,9-12-14(23)5-3-6-15(12)24)20(30)22(32,19(29)18(28)11-27)10-13-16(25)7-4-8-17(13)26/h3-8,18-20,27-32H,2,9-11H2,1H3/t18-,19+,20+,21?,22+/m0/s1. The van der Waals surface area contributed by atoms with Gasteiger partial charge in [-0.15, -0.1) is 0 Å². The predicted molar refractivity (Wildman–Crippen MR) is 105 cm³/mol. The van der Waals surface area contributed by atoms with Crippen LogP contribution in [0.4, 0.5) is 17.6 Å². The fourth-order valence-electron chi connectivity index (χ4n) is 3.67. The van der Waals surface area contributed by atoms with Gasteiger partial charge >= 0.3 is 0 Å². The lowest BCUT2D eigenvalue weighted by molar-refractivity contribution is -0.229. The van der Waals surface area contributed by atoms with E-state index in [0.29, 0.717) is 0 Å². The molecule has 0 bridgehead atoms. The van der Waals surface area contributed by atoms with Crippen LogP contribution in [0.2, 0.25) is 0 Å². The minimum Gasteiger partial charge on any atom is -0.394 e. The molecule has 0 aliphatic carbocycles. The number of hydrogen-bond acceptors (Lipinski definition) is 6. The topological polar surface area (TPSA) is 121 Å². The first kappa shape index (κ1) is 26.2. The highest BCUT2D eigenvalue weighted by Gasteiger charge is 2.54. The molecule has 0 saturated heterocycles. The van der Waals surface area contributed by atoms with Crippen LogP contribution in [0.15, 0.2) is 36.4 Å². The second-order valence-electron chi connectivity index (χ2n) is 7.80. The molecule has 178 valence electrons. The zero-order valence-electron chi connectivity index (χ0n) is 17.2. The fraction of sp³-hybridized carbons (Fsp3) is 0.455. The Morgan fingerprint density at radius 2 is 1.19 bits per heavy atom. The summed E-state index contributed by atoms with van der Waals surface area (Å²) in [6.45, 7) is 0.198. The smallest absolute Gasteiger partial charge is 0.129 e. The Morgan fingerprint density at radius 1 is 0.781 bits per heavy atom. The third kappa shape index (κ3) is 5.11.